The van der Waals surface area contributed by atoms with Crippen LogP contribution in [0, 0.1) is 11.6 Å². The van der Waals surface area contributed by atoms with Crippen LogP contribution in [0.1, 0.15) is 0 Å². The van der Waals surface area contributed by atoms with Gasteiger partial charge in [-0.2, -0.15) is 4.98 Å². The number of halogens is 3. The number of aromatic nitrogens is 2. The molecule has 0 bridgehead atoms. The van der Waals surface area contributed by atoms with Crippen LogP contribution in [-0.2, 0) is 0 Å². The fraction of sp³-hybridized carbons (Fsp3) is 0. The Kier molecular flexibility index (Phi) is 2.28. The van der Waals surface area contributed by atoms with Gasteiger partial charge in [-0.05, 0) is 28.1 Å². The fourth-order valence-corrected chi connectivity index (χ4v) is 1.29. The van der Waals surface area contributed by atoms with E-state index >= 15 is 0 Å². The average Bonchev–Trinajstić information content (AvgIpc) is 2.67. The SMILES string of the molecule is Fc1c(Br)ccc(-c2ncon2)c1F. The van der Waals surface area contributed by atoms with E-state index in [4.69, 9.17) is 0 Å². The molecule has 1 aromatic carbocycles. The summed E-state index contributed by atoms with van der Waals surface area (Å²) >= 11 is 2.86. The molecule has 14 heavy (non-hydrogen) atoms. The summed E-state index contributed by atoms with van der Waals surface area (Å²) in [5.74, 6) is -1.94. The van der Waals surface area contributed by atoms with E-state index in [2.05, 4.69) is 30.6 Å². The molecule has 0 amide bonds. The van der Waals surface area contributed by atoms with Gasteiger partial charge in [0.15, 0.2) is 11.6 Å². The van der Waals surface area contributed by atoms with Crippen molar-refractivity contribution in [1.82, 2.24) is 10.1 Å². The average molecular weight is 261 g/mol. The maximum absolute atomic E-state index is 13.3. The Hall–Kier alpha value is -1.30. The molecule has 0 atom stereocenters. The maximum Gasteiger partial charge on any atom is 0.214 e. The van der Waals surface area contributed by atoms with E-state index < -0.39 is 11.6 Å². The van der Waals surface area contributed by atoms with E-state index in [0.29, 0.717) is 0 Å². The summed E-state index contributed by atoms with van der Waals surface area (Å²) in [7, 11) is 0. The second-order valence-electron chi connectivity index (χ2n) is 2.48. The molecule has 6 heteroatoms. The molecule has 0 aliphatic heterocycles. The lowest BCUT2D eigenvalue weighted by molar-refractivity contribution is 0.418. The van der Waals surface area contributed by atoms with Crippen molar-refractivity contribution in [3.8, 4) is 11.4 Å². The molecule has 2 aromatic rings. The third-order valence-electron chi connectivity index (χ3n) is 1.64. The van der Waals surface area contributed by atoms with E-state index in [-0.39, 0.29) is 15.9 Å². The zero-order chi connectivity index (χ0) is 10.1. The maximum atomic E-state index is 13.3. The zero-order valence-electron chi connectivity index (χ0n) is 6.67. The standard InChI is InChI=1S/C8H3BrF2N2O/c9-5-2-1-4(6(10)7(5)11)8-12-3-14-13-8/h1-3H. The first kappa shape index (κ1) is 9.26. The number of nitrogens with zero attached hydrogens (tertiary/aromatic N) is 2. The smallest absolute Gasteiger partial charge is 0.214 e. The Morgan fingerprint density at radius 3 is 2.64 bits per heavy atom. The number of rotatable bonds is 1. The van der Waals surface area contributed by atoms with Gasteiger partial charge in [0.2, 0.25) is 12.2 Å². The quantitative estimate of drug-likeness (QED) is 0.741. The summed E-state index contributed by atoms with van der Waals surface area (Å²) in [6, 6.07) is 2.75. The lowest BCUT2D eigenvalue weighted by Gasteiger charge is -2.00. The van der Waals surface area contributed by atoms with Gasteiger partial charge in [0, 0.05) is 0 Å². The van der Waals surface area contributed by atoms with E-state index in [1.165, 1.54) is 12.1 Å². The van der Waals surface area contributed by atoms with Crippen LogP contribution in [0.25, 0.3) is 11.4 Å². The predicted octanol–water partition coefficient (Wildman–Crippen LogP) is 2.78. The van der Waals surface area contributed by atoms with Gasteiger partial charge in [0.25, 0.3) is 0 Å². The topological polar surface area (TPSA) is 38.9 Å². The monoisotopic (exact) mass is 260 g/mol. The van der Waals surface area contributed by atoms with Crippen LogP contribution in [0.2, 0.25) is 0 Å². The molecule has 0 saturated heterocycles. The molecule has 72 valence electrons. The molecule has 0 aliphatic carbocycles. The van der Waals surface area contributed by atoms with E-state index in [1.54, 1.807) is 0 Å². The first-order chi connectivity index (χ1) is 6.70. The van der Waals surface area contributed by atoms with Crippen molar-refractivity contribution in [1.29, 1.82) is 0 Å². The van der Waals surface area contributed by atoms with Gasteiger partial charge < -0.3 is 4.52 Å². The Labute approximate surface area is 85.9 Å². The van der Waals surface area contributed by atoms with Crippen LogP contribution in [0.5, 0.6) is 0 Å². The van der Waals surface area contributed by atoms with Crippen molar-refractivity contribution >= 4 is 15.9 Å². The van der Waals surface area contributed by atoms with Gasteiger partial charge >= 0.3 is 0 Å². The van der Waals surface area contributed by atoms with E-state index in [1.807, 2.05) is 0 Å². The third-order valence-corrected chi connectivity index (χ3v) is 2.25. The van der Waals surface area contributed by atoms with Crippen molar-refractivity contribution in [2.24, 2.45) is 0 Å². The highest BCUT2D eigenvalue weighted by Crippen LogP contribution is 2.26. The minimum absolute atomic E-state index is 0.0221. The Morgan fingerprint density at radius 2 is 2.00 bits per heavy atom. The molecule has 2 rings (SSSR count). The molecule has 0 unspecified atom stereocenters. The molecular formula is C8H3BrF2N2O. The molecule has 0 saturated carbocycles. The highest BCUT2D eigenvalue weighted by atomic mass is 79.9. The van der Waals surface area contributed by atoms with Crippen LogP contribution in [0.4, 0.5) is 8.78 Å². The second kappa shape index (κ2) is 3.45. The Bertz CT molecular complexity index is 459. The van der Waals surface area contributed by atoms with Crippen LogP contribution >= 0.6 is 15.9 Å². The van der Waals surface area contributed by atoms with Crippen LogP contribution < -0.4 is 0 Å². The molecule has 0 aliphatic rings. The molecule has 0 radical (unpaired) electrons. The van der Waals surface area contributed by atoms with Crippen LogP contribution in [0.3, 0.4) is 0 Å². The van der Waals surface area contributed by atoms with Crippen molar-refractivity contribution in [2.45, 2.75) is 0 Å². The summed E-state index contributed by atoms with van der Waals surface area (Å²) < 4.78 is 30.9. The lowest BCUT2D eigenvalue weighted by Crippen LogP contribution is -1.92. The molecule has 3 nitrogen and oxygen atoms in total. The van der Waals surface area contributed by atoms with Crippen LogP contribution in [0.15, 0.2) is 27.5 Å². The summed E-state index contributed by atoms with van der Waals surface area (Å²) in [6.45, 7) is 0. The van der Waals surface area contributed by atoms with Crippen molar-refractivity contribution in [2.75, 3.05) is 0 Å². The minimum Gasteiger partial charge on any atom is -0.342 e. The Morgan fingerprint density at radius 1 is 1.21 bits per heavy atom. The lowest BCUT2D eigenvalue weighted by atomic mass is 10.2. The second-order valence-corrected chi connectivity index (χ2v) is 3.33. The van der Waals surface area contributed by atoms with Crippen molar-refractivity contribution in [3.63, 3.8) is 0 Å². The van der Waals surface area contributed by atoms with Gasteiger partial charge in [0.1, 0.15) is 0 Å². The van der Waals surface area contributed by atoms with E-state index in [9.17, 15) is 8.78 Å². The molecule has 1 heterocycles. The fourth-order valence-electron chi connectivity index (χ4n) is 0.988. The zero-order valence-corrected chi connectivity index (χ0v) is 8.25. The molecule has 0 spiro atoms. The van der Waals surface area contributed by atoms with Gasteiger partial charge in [0.05, 0.1) is 10.0 Å². The highest BCUT2D eigenvalue weighted by Gasteiger charge is 2.15. The van der Waals surface area contributed by atoms with Crippen molar-refractivity contribution in [3.05, 3.63) is 34.6 Å². The number of hydrogen-bond acceptors (Lipinski definition) is 3. The third kappa shape index (κ3) is 1.41. The van der Waals surface area contributed by atoms with Crippen LogP contribution in [-0.4, -0.2) is 10.1 Å². The molecule has 0 N–H and O–H groups in total. The molecule has 1 aromatic heterocycles. The molecule has 0 fully saturated rings. The summed E-state index contributed by atoms with van der Waals surface area (Å²) in [6.07, 6.45) is 1.05. The first-order valence-corrected chi connectivity index (χ1v) is 4.39. The Balaban J connectivity index is 2.61. The summed E-state index contributed by atoms with van der Waals surface area (Å²) in [4.78, 5) is 3.62. The van der Waals surface area contributed by atoms with Gasteiger partial charge in [-0.15, -0.1) is 0 Å². The number of hydrogen-bond donors (Lipinski definition) is 0. The largest absolute Gasteiger partial charge is 0.342 e. The van der Waals surface area contributed by atoms with E-state index in [0.717, 1.165) is 6.39 Å². The summed E-state index contributed by atoms with van der Waals surface area (Å²) in [5, 5.41) is 3.41. The highest BCUT2D eigenvalue weighted by molar-refractivity contribution is 9.10. The van der Waals surface area contributed by atoms with Gasteiger partial charge in [-0.25, -0.2) is 8.78 Å². The summed E-state index contributed by atoms with van der Waals surface area (Å²) in [5.41, 5.74) is -0.0283. The van der Waals surface area contributed by atoms with Gasteiger partial charge in [-0.3, -0.25) is 0 Å². The minimum atomic E-state index is -0.999. The normalized spacial score (nSPS) is 10.5. The van der Waals surface area contributed by atoms with Gasteiger partial charge in [-0.1, -0.05) is 5.16 Å². The predicted molar refractivity (Wildman–Crippen MR) is 47.4 cm³/mol. The van der Waals surface area contributed by atoms with Crippen molar-refractivity contribution < 1.29 is 13.3 Å². The first-order valence-electron chi connectivity index (χ1n) is 3.60. The molecular weight excluding hydrogens is 258 g/mol. The number of benzene rings is 1.